The molecule has 0 spiro atoms. The Morgan fingerprint density at radius 3 is 2.58 bits per heavy atom. The highest BCUT2D eigenvalue weighted by Crippen LogP contribution is 2.34. The van der Waals surface area contributed by atoms with Crippen molar-refractivity contribution in [2.24, 2.45) is 5.41 Å². The first-order chi connectivity index (χ1) is 8.75. The number of nitrogens with zero attached hydrogens (tertiary/aromatic N) is 3. The van der Waals surface area contributed by atoms with Crippen LogP contribution in [-0.4, -0.2) is 36.6 Å². The normalized spacial score (nSPS) is 12.6. The highest BCUT2D eigenvalue weighted by Gasteiger charge is 2.44. The quantitative estimate of drug-likeness (QED) is 0.775. The average molecular weight is 263 g/mol. The molecule has 0 fully saturated rings. The molecular weight excluding hydrogens is 246 g/mol. The molecule has 0 bridgehead atoms. The standard InChI is InChI=1S/C12H17N5O2/c1-11(2,10(18)19)12(3,4)17-9-7-8(14-5-13-7)15-6-16-9/h5-6H,1-4H3,(H,18,19)(H2,13,14,15,16,17). The van der Waals surface area contributed by atoms with Crippen LogP contribution in [0.2, 0.25) is 0 Å². The van der Waals surface area contributed by atoms with Crippen molar-refractivity contribution in [1.82, 2.24) is 19.9 Å². The Morgan fingerprint density at radius 1 is 1.26 bits per heavy atom. The maximum atomic E-state index is 11.4. The summed E-state index contributed by atoms with van der Waals surface area (Å²) in [6.45, 7) is 7.00. The number of carbonyl (C=O) groups is 1. The van der Waals surface area contributed by atoms with E-state index in [1.807, 2.05) is 13.8 Å². The first-order valence-corrected chi connectivity index (χ1v) is 5.91. The summed E-state index contributed by atoms with van der Waals surface area (Å²) in [5.74, 6) is -0.332. The summed E-state index contributed by atoms with van der Waals surface area (Å²) in [5.41, 5.74) is -0.464. The molecule has 0 amide bonds. The number of carboxylic acid groups (broad SMARTS) is 1. The van der Waals surface area contributed by atoms with E-state index in [4.69, 9.17) is 0 Å². The van der Waals surface area contributed by atoms with Gasteiger partial charge in [-0.2, -0.15) is 0 Å². The summed E-state index contributed by atoms with van der Waals surface area (Å²) in [6, 6.07) is 0. The van der Waals surface area contributed by atoms with Crippen molar-refractivity contribution < 1.29 is 9.90 Å². The van der Waals surface area contributed by atoms with E-state index in [9.17, 15) is 9.90 Å². The van der Waals surface area contributed by atoms with E-state index in [-0.39, 0.29) is 0 Å². The molecule has 0 aliphatic carbocycles. The fraction of sp³-hybridized carbons (Fsp3) is 0.500. The molecule has 7 nitrogen and oxygen atoms in total. The second kappa shape index (κ2) is 4.18. The van der Waals surface area contributed by atoms with Crippen LogP contribution in [-0.2, 0) is 4.79 Å². The Morgan fingerprint density at radius 2 is 1.95 bits per heavy atom. The van der Waals surface area contributed by atoms with Crippen molar-refractivity contribution in [1.29, 1.82) is 0 Å². The maximum absolute atomic E-state index is 11.4. The zero-order valence-electron chi connectivity index (χ0n) is 11.4. The number of aromatic nitrogens is 4. The molecule has 0 aromatic carbocycles. The molecule has 0 aliphatic rings. The van der Waals surface area contributed by atoms with Gasteiger partial charge in [-0.05, 0) is 27.7 Å². The predicted molar refractivity (Wildman–Crippen MR) is 70.8 cm³/mol. The van der Waals surface area contributed by atoms with Crippen LogP contribution in [0.1, 0.15) is 27.7 Å². The lowest BCUT2D eigenvalue weighted by Crippen LogP contribution is -2.50. The lowest BCUT2D eigenvalue weighted by molar-refractivity contribution is -0.149. The number of fused-ring (bicyclic) bond motifs is 1. The molecule has 0 aliphatic heterocycles. The number of H-pyrrole nitrogens is 1. The van der Waals surface area contributed by atoms with Gasteiger partial charge in [-0.25, -0.2) is 15.0 Å². The van der Waals surface area contributed by atoms with E-state index in [1.165, 1.54) is 12.7 Å². The summed E-state index contributed by atoms with van der Waals surface area (Å²) in [4.78, 5) is 26.5. The molecule has 0 unspecified atom stereocenters. The zero-order chi connectivity index (χ0) is 14.3. The number of aromatic amines is 1. The SMILES string of the molecule is CC(C)(Nc1ncnc2nc[nH]c12)C(C)(C)C(=O)O. The lowest BCUT2D eigenvalue weighted by atomic mass is 9.74. The van der Waals surface area contributed by atoms with E-state index in [0.29, 0.717) is 17.0 Å². The van der Waals surface area contributed by atoms with E-state index in [2.05, 4.69) is 25.3 Å². The number of imidazole rings is 1. The van der Waals surface area contributed by atoms with Crippen molar-refractivity contribution in [3.8, 4) is 0 Å². The van der Waals surface area contributed by atoms with Crippen LogP contribution in [0, 0.1) is 5.41 Å². The fourth-order valence-electron chi connectivity index (χ4n) is 1.58. The van der Waals surface area contributed by atoms with Gasteiger partial charge in [0, 0.05) is 5.54 Å². The molecule has 0 saturated heterocycles. The topological polar surface area (TPSA) is 104 Å². The number of anilines is 1. The Kier molecular flexibility index (Phi) is 2.92. The van der Waals surface area contributed by atoms with E-state index < -0.39 is 16.9 Å². The number of hydrogen-bond acceptors (Lipinski definition) is 5. The molecule has 2 aromatic heterocycles. The summed E-state index contributed by atoms with van der Waals surface area (Å²) in [7, 11) is 0. The van der Waals surface area contributed by atoms with Crippen molar-refractivity contribution in [3.63, 3.8) is 0 Å². The highest BCUT2D eigenvalue weighted by molar-refractivity contribution is 5.83. The third kappa shape index (κ3) is 2.11. The third-order valence-corrected chi connectivity index (χ3v) is 3.75. The van der Waals surface area contributed by atoms with Crippen LogP contribution >= 0.6 is 0 Å². The van der Waals surface area contributed by atoms with Gasteiger partial charge in [0.05, 0.1) is 11.7 Å². The van der Waals surface area contributed by atoms with Gasteiger partial charge >= 0.3 is 5.97 Å². The van der Waals surface area contributed by atoms with Crippen molar-refractivity contribution in [2.75, 3.05) is 5.32 Å². The lowest BCUT2D eigenvalue weighted by Gasteiger charge is -2.39. The van der Waals surface area contributed by atoms with E-state index in [0.717, 1.165) is 0 Å². The van der Waals surface area contributed by atoms with Gasteiger partial charge in [-0.3, -0.25) is 4.79 Å². The minimum Gasteiger partial charge on any atom is -0.481 e. The molecule has 2 aromatic rings. The van der Waals surface area contributed by atoms with Gasteiger partial charge in [0.25, 0.3) is 0 Å². The predicted octanol–water partition coefficient (Wildman–Crippen LogP) is 1.65. The molecule has 19 heavy (non-hydrogen) atoms. The summed E-state index contributed by atoms with van der Waals surface area (Å²) < 4.78 is 0. The smallest absolute Gasteiger partial charge is 0.311 e. The number of rotatable bonds is 4. The molecule has 0 saturated carbocycles. The maximum Gasteiger partial charge on any atom is 0.311 e. The van der Waals surface area contributed by atoms with Gasteiger partial charge in [-0.15, -0.1) is 0 Å². The van der Waals surface area contributed by atoms with Crippen molar-refractivity contribution in [3.05, 3.63) is 12.7 Å². The largest absolute Gasteiger partial charge is 0.481 e. The minimum absolute atomic E-state index is 0.543. The Balaban J connectivity index is 2.40. The Hall–Kier alpha value is -2.18. The van der Waals surface area contributed by atoms with Crippen LogP contribution in [0.3, 0.4) is 0 Å². The van der Waals surface area contributed by atoms with Gasteiger partial charge in [0.1, 0.15) is 11.8 Å². The van der Waals surface area contributed by atoms with Crippen LogP contribution in [0.25, 0.3) is 11.2 Å². The summed E-state index contributed by atoms with van der Waals surface area (Å²) >= 11 is 0. The molecular formula is C12H17N5O2. The van der Waals surface area contributed by atoms with E-state index >= 15 is 0 Å². The summed E-state index contributed by atoms with van der Waals surface area (Å²) in [6.07, 6.45) is 2.93. The molecule has 0 radical (unpaired) electrons. The monoisotopic (exact) mass is 263 g/mol. The Bertz CT molecular complexity index is 617. The van der Waals surface area contributed by atoms with Crippen molar-refractivity contribution in [2.45, 2.75) is 33.2 Å². The molecule has 3 N–H and O–H groups in total. The minimum atomic E-state index is -0.968. The second-order valence-corrected chi connectivity index (χ2v) is 5.50. The zero-order valence-corrected chi connectivity index (χ0v) is 11.4. The van der Waals surface area contributed by atoms with E-state index in [1.54, 1.807) is 13.8 Å². The van der Waals surface area contributed by atoms with Crippen LogP contribution in [0.15, 0.2) is 12.7 Å². The van der Waals surface area contributed by atoms with Gasteiger partial charge in [-0.1, -0.05) is 0 Å². The van der Waals surface area contributed by atoms with Gasteiger partial charge in [0.2, 0.25) is 0 Å². The van der Waals surface area contributed by atoms with Crippen LogP contribution in [0.5, 0.6) is 0 Å². The summed E-state index contributed by atoms with van der Waals surface area (Å²) in [5, 5.41) is 12.5. The van der Waals surface area contributed by atoms with Crippen LogP contribution in [0.4, 0.5) is 5.82 Å². The molecule has 0 atom stereocenters. The average Bonchev–Trinajstić information content (AvgIpc) is 2.77. The molecule has 2 rings (SSSR count). The van der Waals surface area contributed by atoms with Crippen LogP contribution < -0.4 is 5.32 Å². The molecule has 7 heteroatoms. The van der Waals surface area contributed by atoms with Gasteiger partial charge in [0.15, 0.2) is 11.5 Å². The highest BCUT2D eigenvalue weighted by atomic mass is 16.4. The fourth-order valence-corrected chi connectivity index (χ4v) is 1.58. The third-order valence-electron chi connectivity index (χ3n) is 3.75. The number of nitrogens with one attached hydrogen (secondary N) is 2. The number of carboxylic acids is 1. The molecule has 102 valence electrons. The second-order valence-electron chi connectivity index (χ2n) is 5.50. The number of hydrogen-bond donors (Lipinski definition) is 3. The first-order valence-electron chi connectivity index (χ1n) is 5.91. The first kappa shape index (κ1) is 13.3. The van der Waals surface area contributed by atoms with Gasteiger partial charge < -0.3 is 15.4 Å². The van der Waals surface area contributed by atoms with Crippen molar-refractivity contribution >= 4 is 23.0 Å². The molecule has 2 heterocycles. The number of aliphatic carboxylic acids is 1. The Labute approximate surface area is 110 Å².